The van der Waals surface area contributed by atoms with Crippen molar-refractivity contribution in [2.24, 2.45) is 0 Å². The lowest BCUT2D eigenvalue weighted by Gasteiger charge is -2.20. The first kappa shape index (κ1) is 14.4. The van der Waals surface area contributed by atoms with Gasteiger partial charge in [-0.25, -0.2) is 8.42 Å². The lowest BCUT2D eigenvalue weighted by molar-refractivity contribution is 0.302. The smallest absolute Gasteiger partial charge is 0.245 e. The number of hydrogen-bond acceptors (Lipinski definition) is 4. The summed E-state index contributed by atoms with van der Waals surface area (Å²) in [6.07, 6.45) is 2.50. The molecule has 1 aliphatic rings. The summed E-state index contributed by atoms with van der Waals surface area (Å²) in [7, 11) is 0.485. The van der Waals surface area contributed by atoms with E-state index >= 15 is 0 Å². The van der Waals surface area contributed by atoms with Crippen molar-refractivity contribution in [1.82, 2.24) is 14.2 Å². The van der Waals surface area contributed by atoms with Crippen molar-refractivity contribution in [1.29, 1.82) is 0 Å². The van der Waals surface area contributed by atoms with Gasteiger partial charge >= 0.3 is 0 Å². The summed E-state index contributed by atoms with van der Waals surface area (Å²) in [6.45, 7) is 1.10. The van der Waals surface area contributed by atoms with Crippen LogP contribution in [0.25, 0.3) is 10.9 Å². The Morgan fingerprint density at radius 1 is 1.24 bits per heavy atom. The van der Waals surface area contributed by atoms with Crippen LogP contribution in [0.4, 0.5) is 0 Å². The number of sulfonamides is 1. The van der Waals surface area contributed by atoms with Crippen molar-refractivity contribution in [3.63, 3.8) is 0 Å². The van der Waals surface area contributed by atoms with E-state index in [-0.39, 0.29) is 6.04 Å². The van der Waals surface area contributed by atoms with E-state index in [1.807, 2.05) is 32.3 Å². The molecule has 0 amide bonds. The van der Waals surface area contributed by atoms with Gasteiger partial charge in [-0.1, -0.05) is 18.2 Å². The van der Waals surface area contributed by atoms with Gasteiger partial charge in [-0.15, -0.1) is 0 Å². The predicted octanol–water partition coefficient (Wildman–Crippen LogP) is 1.56. The molecule has 1 fully saturated rings. The Balaban J connectivity index is 2.02. The van der Waals surface area contributed by atoms with Gasteiger partial charge in [0.2, 0.25) is 10.0 Å². The molecule has 1 aromatic carbocycles. The van der Waals surface area contributed by atoms with Crippen molar-refractivity contribution >= 4 is 20.9 Å². The summed E-state index contributed by atoms with van der Waals surface area (Å²) in [6, 6.07) is 9.28. The highest BCUT2D eigenvalue weighted by Gasteiger charge is 2.34. The molecule has 112 valence electrons. The van der Waals surface area contributed by atoms with Gasteiger partial charge in [0.05, 0.1) is 5.52 Å². The van der Waals surface area contributed by atoms with Crippen molar-refractivity contribution in [2.45, 2.75) is 17.4 Å². The van der Waals surface area contributed by atoms with Crippen LogP contribution in [-0.2, 0) is 10.0 Å². The molecule has 1 aromatic heterocycles. The van der Waals surface area contributed by atoms with Gasteiger partial charge < -0.3 is 4.90 Å². The zero-order valence-corrected chi connectivity index (χ0v) is 13.0. The second-order valence-corrected chi connectivity index (χ2v) is 7.51. The topological polar surface area (TPSA) is 53.5 Å². The van der Waals surface area contributed by atoms with Crippen molar-refractivity contribution in [2.75, 3.05) is 27.2 Å². The van der Waals surface area contributed by atoms with Gasteiger partial charge in [0.15, 0.2) is 0 Å². The normalized spacial score (nSPS) is 20.4. The third kappa shape index (κ3) is 2.54. The monoisotopic (exact) mass is 305 g/mol. The Labute approximate surface area is 125 Å². The van der Waals surface area contributed by atoms with Crippen LogP contribution in [-0.4, -0.2) is 55.8 Å². The van der Waals surface area contributed by atoms with Gasteiger partial charge in [0.1, 0.15) is 4.90 Å². The van der Waals surface area contributed by atoms with Gasteiger partial charge in [0, 0.05) is 30.7 Å². The molecule has 21 heavy (non-hydrogen) atoms. The largest absolute Gasteiger partial charge is 0.305 e. The molecule has 1 aliphatic heterocycles. The molecular weight excluding hydrogens is 286 g/mol. The van der Waals surface area contributed by atoms with E-state index < -0.39 is 10.0 Å². The molecule has 0 unspecified atom stereocenters. The standard InChI is InChI=1S/C15H19N3O2S/c1-17(2)13-8-10-18(11-13)21(19,20)14-7-3-5-12-6-4-9-16-15(12)14/h3-7,9,13H,8,10-11H2,1-2H3/t13-/m1/s1. The van der Waals surface area contributed by atoms with Crippen molar-refractivity contribution < 1.29 is 8.42 Å². The van der Waals surface area contributed by atoms with Gasteiger partial charge in [-0.3, -0.25) is 4.98 Å². The van der Waals surface area contributed by atoms with Crippen LogP contribution in [0.5, 0.6) is 0 Å². The van der Waals surface area contributed by atoms with Crippen LogP contribution >= 0.6 is 0 Å². The number of aromatic nitrogens is 1. The lowest BCUT2D eigenvalue weighted by Crippen LogP contribution is -2.34. The van der Waals surface area contributed by atoms with E-state index in [0.29, 0.717) is 23.5 Å². The molecule has 2 aromatic rings. The highest BCUT2D eigenvalue weighted by molar-refractivity contribution is 7.89. The van der Waals surface area contributed by atoms with Crippen LogP contribution in [0.1, 0.15) is 6.42 Å². The molecule has 0 aliphatic carbocycles. The second kappa shape index (κ2) is 5.36. The minimum absolute atomic E-state index is 0.280. The number of para-hydroxylation sites is 1. The molecule has 0 N–H and O–H groups in total. The first-order chi connectivity index (χ1) is 10.00. The molecule has 5 nitrogen and oxygen atoms in total. The maximum Gasteiger partial charge on any atom is 0.245 e. The summed E-state index contributed by atoms with van der Waals surface area (Å²) in [4.78, 5) is 6.64. The van der Waals surface area contributed by atoms with Crippen LogP contribution in [0.2, 0.25) is 0 Å². The summed E-state index contributed by atoms with van der Waals surface area (Å²) >= 11 is 0. The van der Waals surface area contributed by atoms with E-state index in [4.69, 9.17) is 0 Å². The number of hydrogen-bond donors (Lipinski definition) is 0. The van der Waals surface area contributed by atoms with Crippen LogP contribution in [0.15, 0.2) is 41.4 Å². The molecule has 1 atom stereocenters. The van der Waals surface area contributed by atoms with E-state index in [2.05, 4.69) is 9.88 Å². The fourth-order valence-electron chi connectivity index (χ4n) is 2.77. The number of benzene rings is 1. The number of nitrogens with zero attached hydrogens (tertiary/aromatic N) is 3. The quantitative estimate of drug-likeness (QED) is 0.863. The zero-order chi connectivity index (χ0) is 15.0. The number of pyridine rings is 1. The Morgan fingerprint density at radius 2 is 2.00 bits per heavy atom. The maximum atomic E-state index is 12.9. The van der Waals surface area contributed by atoms with Crippen LogP contribution < -0.4 is 0 Å². The first-order valence-corrected chi connectivity index (χ1v) is 8.44. The van der Waals surface area contributed by atoms with Gasteiger partial charge in [-0.2, -0.15) is 4.31 Å². The molecule has 0 radical (unpaired) electrons. The molecule has 2 heterocycles. The average Bonchev–Trinajstić information content (AvgIpc) is 2.97. The second-order valence-electron chi connectivity index (χ2n) is 5.60. The molecule has 0 bridgehead atoms. The first-order valence-electron chi connectivity index (χ1n) is 7.00. The van der Waals surface area contributed by atoms with Crippen molar-refractivity contribution in [3.05, 3.63) is 36.5 Å². The minimum Gasteiger partial charge on any atom is -0.305 e. The summed E-state index contributed by atoms with van der Waals surface area (Å²) in [5, 5.41) is 0.849. The summed E-state index contributed by atoms with van der Waals surface area (Å²) in [5.41, 5.74) is 0.549. The van der Waals surface area contributed by atoms with E-state index in [1.165, 1.54) is 0 Å². The van der Waals surface area contributed by atoms with Crippen molar-refractivity contribution in [3.8, 4) is 0 Å². The van der Waals surface area contributed by atoms with Gasteiger partial charge in [-0.05, 0) is 32.6 Å². The number of likely N-dealkylation sites (N-methyl/N-ethyl adjacent to an activating group) is 1. The van der Waals surface area contributed by atoms with E-state index in [1.54, 1.807) is 22.6 Å². The van der Waals surface area contributed by atoms with E-state index in [0.717, 1.165) is 11.8 Å². The Hall–Kier alpha value is -1.50. The molecule has 0 spiro atoms. The molecule has 3 rings (SSSR count). The zero-order valence-electron chi connectivity index (χ0n) is 12.2. The minimum atomic E-state index is -3.49. The summed E-state index contributed by atoms with van der Waals surface area (Å²) in [5.74, 6) is 0. The maximum absolute atomic E-state index is 12.9. The molecule has 1 saturated heterocycles. The Kier molecular flexibility index (Phi) is 3.69. The Morgan fingerprint density at radius 3 is 2.71 bits per heavy atom. The summed E-state index contributed by atoms with van der Waals surface area (Å²) < 4.78 is 27.3. The van der Waals surface area contributed by atoms with Crippen LogP contribution in [0.3, 0.4) is 0 Å². The fraction of sp³-hybridized carbons (Fsp3) is 0.400. The predicted molar refractivity (Wildman–Crippen MR) is 82.6 cm³/mol. The Bertz CT molecular complexity index is 753. The molecule has 0 saturated carbocycles. The average molecular weight is 305 g/mol. The van der Waals surface area contributed by atoms with E-state index in [9.17, 15) is 8.42 Å². The van der Waals surface area contributed by atoms with Gasteiger partial charge in [0.25, 0.3) is 0 Å². The third-order valence-electron chi connectivity index (χ3n) is 4.07. The number of fused-ring (bicyclic) bond motifs is 1. The lowest BCUT2D eigenvalue weighted by atomic mass is 10.2. The van der Waals surface area contributed by atoms with Crippen LogP contribution in [0, 0.1) is 0 Å². The SMILES string of the molecule is CN(C)[C@@H]1CCN(S(=O)(=O)c2cccc3cccnc23)C1. The fourth-order valence-corrected chi connectivity index (χ4v) is 4.43. The number of rotatable bonds is 3. The highest BCUT2D eigenvalue weighted by Crippen LogP contribution is 2.27. The molecular formula is C15H19N3O2S. The highest BCUT2D eigenvalue weighted by atomic mass is 32.2. The molecule has 6 heteroatoms. The third-order valence-corrected chi connectivity index (χ3v) is 5.97.